The number of hydrogen-bond acceptors (Lipinski definition) is 2. The summed E-state index contributed by atoms with van der Waals surface area (Å²) >= 11 is 0. The summed E-state index contributed by atoms with van der Waals surface area (Å²) in [4.78, 5) is 13.3. The largest absolute Gasteiger partial charge is 0.480 e. The van der Waals surface area contributed by atoms with E-state index in [9.17, 15) is 9.90 Å². The molecule has 0 amide bonds. The highest BCUT2D eigenvalue weighted by atomic mass is 16.4. The first-order chi connectivity index (χ1) is 7.15. The second-order valence-corrected chi connectivity index (χ2v) is 4.71. The summed E-state index contributed by atoms with van der Waals surface area (Å²) in [7, 11) is 0. The molecule has 3 nitrogen and oxygen atoms in total. The molecule has 1 rings (SSSR count). The minimum Gasteiger partial charge on any atom is -0.480 e. The average molecular weight is 213 g/mol. The summed E-state index contributed by atoms with van der Waals surface area (Å²) < 4.78 is 0. The molecule has 88 valence electrons. The van der Waals surface area contributed by atoms with E-state index in [-0.39, 0.29) is 6.04 Å². The standard InChI is InChI=1S/C12H23NO2/c1-3-5-11(12(14)15)13-8-4-6-10(2)7-9-13/h10-11H,3-9H2,1-2H3,(H,14,15). The van der Waals surface area contributed by atoms with Crippen molar-refractivity contribution in [2.24, 2.45) is 5.92 Å². The molecule has 0 aromatic heterocycles. The predicted octanol–water partition coefficient (Wildman–Crippen LogP) is 2.36. The minimum absolute atomic E-state index is 0.250. The number of hydrogen-bond donors (Lipinski definition) is 1. The van der Waals surface area contributed by atoms with Crippen LogP contribution in [0.5, 0.6) is 0 Å². The molecule has 0 saturated carbocycles. The number of carbonyl (C=O) groups is 1. The van der Waals surface area contributed by atoms with Crippen LogP contribution in [0.3, 0.4) is 0 Å². The maximum absolute atomic E-state index is 11.1. The number of aliphatic carboxylic acids is 1. The molecular weight excluding hydrogens is 190 g/mol. The van der Waals surface area contributed by atoms with Gasteiger partial charge in [-0.3, -0.25) is 9.69 Å². The minimum atomic E-state index is -0.647. The number of likely N-dealkylation sites (tertiary alicyclic amines) is 1. The zero-order chi connectivity index (χ0) is 11.3. The van der Waals surface area contributed by atoms with E-state index in [1.807, 2.05) is 0 Å². The van der Waals surface area contributed by atoms with Gasteiger partial charge in [-0.15, -0.1) is 0 Å². The molecule has 0 aromatic rings. The zero-order valence-electron chi connectivity index (χ0n) is 9.91. The lowest BCUT2D eigenvalue weighted by molar-refractivity contribution is -0.143. The van der Waals surface area contributed by atoms with Crippen molar-refractivity contribution in [3.8, 4) is 0 Å². The number of rotatable bonds is 4. The molecule has 0 bridgehead atoms. The van der Waals surface area contributed by atoms with Gasteiger partial charge in [0, 0.05) is 0 Å². The van der Waals surface area contributed by atoms with Gasteiger partial charge in [0.15, 0.2) is 0 Å². The maximum Gasteiger partial charge on any atom is 0.320 e. The van der Waals surface area contributed by atoms with Gasteiger partial charge in [-0.25, -0.2) is 0 Å². The monoisotopic (exact) mass is 213 g/mol. The normalized spacial score (nSPS) is 25.9. The van der Waals surface area contributed by atoms with Crippen molar-refractivity contribution in [1.29, 1.82) is 0 Å². The first-order valence-corrected chi connectivity index (χ1v) is 6.12. The van der Waals surface area contributed by atoms with Gasteiger partial charge in [-0.05, 0) is 44.7 Å². The Morgan fingerprint density at radius 3 is 2.80 bits per heavy atom. The Kier molecular flexibility index (Phi) is 5.09. The Bertz CT molecular complexity index is 206. The van der Waals surface area contributed by atoms with E-state index in [2.05, 4.69) is 18.7 Å². The van der Waals surface area contributed by atoms with E-state index in [1.165, 1.54) is 6.42 Å². The van der Waals surface area contributed by atoms with Crippen molar-refractivity contribution in [3.63, 3.8) is 0 Å². The molecule has 1 N–H and O–H groups in total. The van der Waals surface area contributed by atoms with Crippen LogP contribution in [0.4, 0.5) is 0 Å². The highest BCUT2D eigenvalue weighted by Gasteiger charge is 2.26. The van der Waals surface area contributed by atoms with Crippen LogP contribution in [0.25, 0.3) is 0 Å². The smallest absolute Gasteiger partial charge is 0.320 e. The van der Waals surface area contributed by atoms with E-state index in [0.29, 0.717) is 0 Å². The summed E-state index contributed by atoms with van der Waals surface area (Å²) in [6.45, 7) is 6.23. The van der Waals surface area contributed by atoms with Crippen LogP contribution < -0.4 is 0 Å². The fraction of sp³-hybridized carbons (Fsp3) is 0.917. The van der Waals surface area contributed by atoms with Crippen molar-refractivity contribution in [2.75, 3.05) is 13.1 Å². The Morgan fingerprint density at radius 2 is 2.20 bits per heavy atom. The Hall–Kier alpha value is -0.570. The van der Waals surface area contributed by atoms with Crippen LogP contribution in [-0.2, 0) is 4.79 Å². The quantitative estimate of drug-likeness (QED) is 0.779. The Labute approximate surface area is 92.5 Å². The van der Waals surface area contributed by atoms with Gasteiger partial charge in [-0.1, -0.05) is 20.3 Å². The molecule has 1 fully saturated rings. The molecule has 0 aromatic carbocycles. The van der Waals surface area contributed by atoms with Gasteiger partial charge in [0.1, 0.15) is 6.04 Å². The molecule has 1 aliphatic rings. The van der Waals surface area contributed by atoms with Crippen molar-refractivity contribution in [3.05, 3.63) is 0 Å². The molecule has 3 heteroatoms. The van der Waals surface area contributed by atoms with E-state index in [4.69, 9.17) is 0 Å². The van der Waals surface area contributed by atoms with Gasteiger partial charge in [0.25, 0.3) is 0 Å². The zero-order valence-corrected chi connectivity index (χ0v) is 9.91. The van der Waals surface area contributed by atoms with Crippen LogP contribution >= 0.6 is 0 Å². The van der Waals surface area contributed by atoms with E-state index in [1.54, 1.807) is 0 Å². The van der Waals surface area contributed by atoms with Crippen LogP contribution in [-0.4, -0.2) is 35.1 Å². The molecule has 0 spiro atoms. The fourth-order valence-corrected chi connectivity index (χ4v) is 2.33. The first-order valence-electron chi connectivity index (χ1n) is 6.12. The molecule has 0 aliphatic carbocycles. The van der Waals surface area contributed by atoms with Gasteiger partial charge < -0.3 is 5.11 Å². The number of carboxylic acids is 1. The lowest BCUT2D eigenvalue weighted by atomic mass is 10.0. The van der Waals surface area contributed by atoms with Crippen molar-refractivity contribution in [2.45, 2.75) is 52.0 Å². The maximum atomic E-state index is 11.1. The van der Waals surface area contributed by atoms with Crippen molar-refractivity contribution < 1.29 is 9.90 Å². The van der Waals surface area contributed by atoms with Crippen molar-refractivity contribution in [1.82, 2.24) is 4.90 Å². The second-order valence-electron chi connectivity index (χ2n) is 4.71. The summed E-state index contributed by atoms with van der Waals surface area (Å²) in [6.07, 6.45) is 5.27. The van der Waals surface area contributed by atoms with Crippen molar-refractivity contribution >= 4 is 5.97 Å². The molecule has 15 heavy (non-hydrogen) atoms. The number of nitrogens with zero attached hydrogens (tertiary/aromatic N) is 1. The molecule has 2 unspecified atom stereocenters. The SMILES string of the molecule is CCCC(C(=O)O)N1CCCC(C)CC1. The van der Waals surface area contributed by atoms with Crippen LogP contribution in [0.1, 0.15) is 46.0 Å². The summed E-state index contributed by atoms with van der Waals surface area (Å²) in [6, 6.07) is -0.250. The molecule has 0 radical (unpaired) electrons. The van der Waals surface area contributed by atoms with E-state index >= 15 is 0 Å². The van der Waals surface area contributed by atoms with Gasteiger partial charge in [0.05, 0.1) is 0 Å². The number of carboxylic acid groups (broad SMARTS) is 1. The van der Waals surface area contributed by atoms with Gasteiger partial charge >= 0.3 is 5.97 Å². The Balaban J connectivity index is 2.54. The molecule has 1 aliphatic heterocycles. The van der Waals surface area contributed by atoms with E-state index < -0.39 is 5.97 Å². The highest BCUT2D eigenvalue weighted by Crippen LogP contribution is 2.19. The van der Waals surface area contributed by atoms with Crippen LogP contribution in [0.2, 0.25) is 0 Å². The third-order valence-corrected chi connectivity index (χ3v) is 3.34. The first kappa shape index (κ1) is 12.5. The summed E-state index contributed by atoms with van der Waals surface area (Å²) in [5.41, 5.74) is 0. The van der Waals surface area contributed by atoms with E-state index in [0.717, 1.165) is 44.7 Å². The summed E-state index contributed by atoms with van der Waals surface area (Å²) in [5, 5.41) is 9.17. The molecule has 1 saturated heterocycles. The Morgan fingerprint density at radius 1 is 1.47 bits per heavy atom. The van der Waals surface area contributed by atoms with Crippen LogP contribution in [0.15, 0.2) is 0 Å². The van der Waals surface area contributed by atoms with Gasteiger partial charge in [-0.2, -0.15) is 0 Å². The fourth-order valence-electron chi connectivity index (χ4n) is 2.33. The summed E-state index contributed by atoms with van der Waals surface area (Å²) in [5.74, 6) is 0.109. The predicted molar refractivity (Wildman–Crippen MR) is 60.9 cm³/mol. The average Bonchev–Trinajstić information content (AvgIpc) is 2.39. The lowest BCUT2D eigenvalue weighted by Gasteiger charge is -2.27. The second kappa shape index (κ2) is 6.11. The molecule has 2 atom stereocenters. The molecule has 1 heterocycles. The van der Waals surface area contributed by atoms with Gasteiger partial charge in [0.2, 0.25) is 0 Å². The van der Waals surface area contributed by atoms with Crippen LogP contribution in [0, 0.1) is 5.92 Å². The molecular formula is C12H23NO2. The third kappa shape index (κ3) is 3.82. The lowest BCUT2D eigenvalue weighted by Crippen LogP contribution is -2.41. The topological polar surface area (TPSA) is 40.5 Å². The highest BCUT2D eigenvalue weighted by molar-refractivity contribution is 5.73. The third-order valence-electron chi connectivity index (χ3n) is 3.34.